The Hall–Kier alpha value is -2.21. The molecule has 106 valence electrons. The zero-order valence-electron chi connectivity index (χ0n) is 11.3. The maximum atomic E-state index is 12.0. The van der Waals surface area contributed by atoms with Gasteiger partial charge in [0.1, 0.15) is 6.04 Å². The average Bonchev–Trinajstić information content (AvgIpc) is 2.48. The number of imide groups is 1. The molecule has 3 amide bonds. The minimum Gasteiger partial charge on any atom is -0.340 e. The summed E-state index contributed by atoms with van der Waals surface area (Å²) in [5.74, 6) is -0.907. The summed E-state index contributed by atoms with van der Waals surface area (Å²) < 4.78 is 0. The predicted molar refractivity (Wildman–Crippen MR) is 72.6 cm³/mol. The van der Waals surface area contributed by atoms with Crippen molar-refractivity contribution in [1.29, 1.82) is 0 Å². The quantitative estimate of drug-likeness (QED) is 0.761. The van der Waals surface area contributed by atoms with Crippen LogP contribution in [0.4, 0.5) is 0 Å². The van der Waals surface area contributed by atoms with Gasteiger partial charge in [0.15, 0.2) is 0 Å². The summed E-state index contributed by atoms with van der Waals surface area (Å²) in [6.45, 7) is 0.413. The van der Waals surface area contributed by atoms with Gasteiger partial charge in [-0.15, -0.1) is 0 Å². The minimum absolute atomic E-state index is 0.215. The third-order valence-corrected chi connectivity index (χ3v) is 3.41. The van der Waals surface area contributed by atoms with E-state index >= 15 is 0 Å². The van der Waals surface area contributed by atoms with Gasteiger partial charge in [-0.2, -0.15) is 0 Å². The molecular weight excluding hydrogens is 258 g/mol. The third-order valence-electron chi connectivity index (χ3n) is 3.41. The zero-order chi connectivity index (χ0) is 14.7. The van der Waals surface area contributed by atoms with Crippen LogP contribution in [0.15, 0.2) is 24.3 Å². The van der Waals surface area contributed by atoms with Crippen molar-refractivity contribution in [3.8, 4) is 0 Å². The van der Waals surface area contributed by atoms with Gasteiger partial charge in [0, 0.05) is 25.6 Å². The second kappa shape index (κ2) is 5.83. The highest BCUT2D eigenvalue weighted by atomic mass is 16.2. The monoisotopic (exact) mass is 275 g/mol. The van der Waals surface area contributed by atoms with E-state index < -0.39 is 6.04 Å². The third kappa shape index (κ3) is 2.85. The van der Waals surface area contributed by atoms with Crippen molar-refractivity contribution in [3.05, 3.63) is 35.4 Å². The fourth-order valence-electron chi connectivity index (χ4n) is 2.08. The largest absolute Gasteiger partial charge is 0.340 e. The lowest BCUT2D eigenvalue weighted by Crippen LogP contribution is -2.52. The van der Waals surface area contributed by atoms with Crippen LogP contribution in [-0.4, -0.2) is 35.7 Å². The Bertz CT molecular complexity index is 539. The number of nitrogens with zero attached hydrogens (tertiary/aromatic N) is 1. The van der Waals surface area contributed by atoms with Crippen molar-refractivity contribution in [3.63, 3.8) is 0 Å². The number of likely N-dealkylation sites (tertiary alicyclic amines) is 1. The van der Waals surface area contributed by atoms with Crippen molar-refractivity contribution in [2.24, 2.45) is 5.73 Å². The number of carbonyl (C=O) groups is 3. The highest BCUT2D eigenvalue weighted by molar-refractivity contribution is 6.03. The van der Waals surface area contributed by atoms with Crippen LogP contribution in [0.3, 0.4) is 0 Å². The molecule has 1 aromatic carbocycles. The molecule has 0 saturated carbocycles. The Labute approximate surface area is 116 Å². The van der Waals surface area contributed by atoms with Gasteiger partial charge in [-0.05, 0) is 24.1 Å². The maximum Gasteiger partial charge on any atom is 0.251 e. The van der Waals surface area contributed by atoms with Crippen LogP contribution in [0.5, 0.6) is 0 Å². The molecular formula is C14H17N3O3. The average molecular weight is 275 g/mol. The topological polar surface area (TPSA) is 92.5 Å². The van der Waals surface area contributed by atoms with Crippen molar-refractivity contribution in [2.75, 3.05) is 7.05 Å². The number of hydrogen-bond acceptors (Lipinski definition) is 4. The molecule has 0 radical (unpaired) electrons. The minimum atomic E-state index is -0.639. The first-order valence-electron chi connectivity index (χ1n) is 6.43. The van der Waals surface area contributed by atoms with Crippen molar-refractivity contribution in [2.45, 2.75) is 25.4 Å². The lowest BCUT2D eigenvalue weighted by atomic mass is 10.0. The molecule has 1 aromatic rings. The van der Waals surface area contributed by atoms with E-state index in [1.54, 1.807) is 24.3 Å². The van der Waals surface area contributed by atoms with E-state index in [1.165, 1.54) is 7.05 Å². The SMILES string of the molecule is CN1C(=O)CCC(NC(=O)c2ccc(CN)cc2)C1=O. The molecule has 0 bridgehead atoms. The fourth-order valence-corrected chi connectivity index (χ4v) is 2.08. The highest BCUT2D eigenvalue weighted by Crippen LogP contribution is 2.12. The Morgan fingerprint density at radius 1 is 1.35 bits per heavy atom. The molecule has 6 heteroatoms. The lowest BCUT2D eigenvalue weighted by molar-refractivity contribution is -0.147. The molecule has 1 aliphatic heterocycles. The number of nitrogens with one attached hydrogen (secondary N) is 1. The Kier molecular flexibility index (Phi) is 4.14. The Balaban J connectivity index is 2.03. The summed E-state index contributed by atoms with van der Waals surface area (Å²) in [4.78, 5) is 36.3. The lowest BCUT2D eigenvalue weighted by Gasteiger charge is -2.28. The Morgan fingerprint density at radius 3 is 2.60 bits per heavy atom. The summed E-state index contributed by atoms with van der Waals surface area (Å²) in [6, 6.07) is 6.24. The first kappa shape index (κ1) is 14.2. The molecule has 1 fully saturated rings. The normalized spacial score (nSPS) is 19.1. The number of nitrogens with two attached hydrogens (primary N) is 1. The molecule has 20 heavy (non-hydrogen) atoms. The van der Waals surface area contributed by atoms with E-state index in [1.807, 2.05) is 0 Å². The van der Waals surface area contributed by atoms with E-state index in [-0.39, 0.29) is 24.1 Å². The van der Waals surface area contributed by atoms with Crippen LogP contribution >= 0.6 is 0 Å². The summed E-state index contributed by atoms with van der Waals surface area (Å²) in [5, 5.41) is 2.66. The fraction of sp³-hybridized carbons (Fsp3) is 0.357. The van der Waals surface area contributed by atoms with Gasteiger partial charge in [-0.1, -0.05) is 12.1 Å². The molecule has 0 aromatic heterocycles. The molecule has 1 heterocycles. The molecule has 2 rings (SSSR count). The summed E-state index contributed by atoms with van der Waals surface area (Å²) >= 11 is 0. The summed E-state index contributed by atoms with van der Waals surface area (Å²) in [7, 11) is 1.43. The number of rotatable bonds is 3. The van der Waals surface area contributed by atoms with Gasteiger partial charge in [-0.25, -0.2) is 0 Å². The van der Waals surface area contributed by atoms with Gasteiger partial charge in [0.2, 0.25) is 5.91 Å². The number of hydrogen-bond donors (Lipinski definition) is 2. The highest BCUT2D eigenvalue weighted by Gasteiger charge is 2.32. The van der Waals surface area contributed by atoms with Gasteiger partial charge in [0.05, 0.1) is 0 Å². The van der Waals surface area contributed by atoms with Gasteiger partial charge in [-0.3, -0.25) is 19.3 Å². The second-order valence-electron chi connectivity index (χ2n) is 4.76. The second-order valence-corrected chi connectivity index (χ2v) is 4.76. The molecule has 0 spiro atoms. The number of amides is 3. The molecule has 1 saturated heterocycles. The van der Waals surface area contributed by atoms with Crippen LogP contribution < -0.4 is 11.1 Å². The predicted octanol–water partition coefficient (Wildman–Crippen LogP) is 0.0225. The van der Waals surface area contributed by atoms with E-state index in [0.717, 1.165) is 10.5 Å². The van der Waals surface area contributed by atoms with Crippen LogP contribution in [-0.2, 0) is 16.1 Å². The summed E-state index contributed by atoms with van der Waals surface area (Å²) in [6.07, 6.45) is 0.605. The number of likely N-dealkylation sites (N-methyl/N-ethyl adjacent to an activating group) is 1. The van der Waals surface area contributed by atoms with Crippen LogP contribution in [0.25, 0.3) is 0 Å². The van der Waals surface area contributed by atoms with Crippen LogP contribution in [0, 0.1) is 0 Å². The van der Waals surface area contributed by atoms with Gasteiger partial charge in [0.25, 0.3) is 11.8 Å². The van der Waals surface area contributed by atoms with E-state index in [4.69, 9.17) is 5.73 Å². The molecule has 0 aliphatic carbocycles. The maximum absolute atomic E-state index is 12.0. The van der Waals surface area contributed by atoms with Crippen molar-refractivity contribution < 1.29 is 14.4 Å². The molecule has 3 N–H and O–H groups in total. The number of carbonyl (C=O) groups excluding carboxylic acids is 3. The van der Waals surface area contributed by atoms with Crippen LogP contribution in [0.2, 0.25) is 0 Å². The van der Waals surface area contributed by atoms with Crippen LogP contribution in [0.1, 0.15) is 28.8 Å². The Morgan fingerprint density at radius 2 is 2.00 bits per heavy atom. The first-order chi connectivity index (χ1) is 9.52. The molecule has 1 aliphatic rings. The standard InChI is InChI=1S/C14H17N3O3/c1-17-12(18)7-6-11(14(17)20)16-13(19)10-4-2-9(8-15)3-5-10/h2-5,11H,6-8,15H2,1H3,(H,16,19). The number of benzene rings is 1. The van der Waals surface area contributed by atoms with E-state index in [9.17, 15) is 14.4 Å². The molecule has 1 unspecified atom stereocenters. The smallest absolute Gasteiger partial charge is 0.251 e. The molecule has 6 nitrogen and oxygen atoms in total. The van der Waals surface area contributed by atoms with E-state index in [0.29, 0.717) is 18.5 Å². The van der Waals surface area contributed by atoms with Gasteiger partial charge < -0.3 is 11.1 Å². The van der Waals surface area contributed by atoms with Crippen molar-refractivity contribution in [1.82, 2.24) is 10.2 Å². The zero-order valence-corrected chi connectivity index (χ0v) is 11.3. The first-order valence-corrected chi connectivity index (χ1v) is 6.43. The van der Waals surface area contributed by atoms with E-state index in [2.05, 4.69) is 5.32 Å². The van der Waals surface area contributed by atoms with Crippen molar-refractivity contribution >= 4 is 17.7 Å². The molecule has 1 atom stereocenters. The number of piperidine rings is 1. The summed E-state index contributed by atoms with van der Waals surface area (Å²) in [5.41, 5.74) is 6.89. The van der Waals surface area contributed by atoms with Gasteiger partial charge >= 0.3 is 0 Å².